The van der Waals surface area contributed by atoms with Gasteiger partial charge in [-0.1, -0.05) is 165 Å². The summed E-state index contributed by atoms with van der Waals surface area (Å²) in [6, 6.07) is 30.8. The molecular formula is C55H54N2S. The fourth-order valence-electron chi connectivity index (χ4n) is 11.8. The first-order valence-electron chi connectivity index (χ1n) is 22.2. The molecule has 4 aromatic rings. The standard InChI is InChI=1S/C55H54N2S/c1-55(2)47-22-11-9-18-43(47)44-33-32-41(34-48(44)55)50-51(38-14-5-3-6-15-38)56-54(57-52(50)39-16-7-4-8-17-39)40-30-26-36(27-31-40)35-24-28-37(29-25-35)42-20-13-21-46-45-19-10-12-23-49(45)58-53(42)46/h3-9,11-18,21-24,26,28,30,32-33,35-37,40-42,45,49H,10,19-20,25,27,29,31,34H2,1-2H3. The van der Waals surface area contributed by atoms with Gasteiger partial charge >= 0.3 is 0 Å². The van der Waals surface area contributed by atoms with Gasteiger partial charge in [-0.2, -0.15) is 0 Å². The van der Waals surface area contributed by atoms with E-state index in [1.165, 1.54) is 77.5 Å². The van der Waals surface area contributed by atoms with Crippen LogP contribution in [0.5, 0.6) is 0 Å². The molecule has 2 heterocycles. The number of rotatable bonds is 6. The van der Waals surface area contributed by atoms with Gasteiger partial charge in [-0.15, -0.1) is 11.8 Å². The van der Waals surface area contributed by atoms with Crippen molar-refractivity contribution in [3.05, 3.63) is 184 Å². The number of aromatic nitrogens is 2. The zero-order valence-corrected chi connectivity index (χ0v) is 34.8. The lowest BCUT2D eigenvalue weighted by Crippen LogP contribution is -2.24. The van der Waals surface area contributed by atoms with E-state index in [1.807, 2.05) is 0 Å². The van der Waals surface area contributed by atoms with E-state index in [0.29, 0.717) is 28.9 Å². The molecule has 0 saturated carbocycles. The van der Waals surface area contributed by atoms with Crippen molar-refractivity contribution in [2.75, 3.05) is 0 Å². The van der Waals surface area contributed by atoms with Gasteiger partial charge in [-0.25, -0.2) is 9.97 Å². The average Bonchev–Trinajstić information content (AvgIpc) is 3.78. The SMILES string of the molecule is CC1(C)C2=C(C=CC(c3c(-c4ccccc4)nc(C4C=CC(C5C=CC(C6CC=CC7=C6SC6C=CCCC76)CC5)CC4)nc3-c3ccccc3)C2)c2ccccc21. The topological polar surface area (TPSA) is 25.8 Å². The Morgan fingerprint density at radius 3 is 1.98 bits per heavy atom. The normalized spacial score (nSPS) is 30.3. The fourth-order valence-corrected chi connectivity index (χ4v) is 13.5. The van der Waals surface area contributed by atoms with Crippen LogP contribution in [0.1, 0.15) is 99.6 Å². The average molecular weight is 775 g/mol. The molecule has 2 nitrogen and oxygen atoms in total. The second-order valence-electron chi connectivity index (χ2n) is 18.4. The molecule has 0 fully saturated rings. The van der Waals surface area contributed by atoms with Crippen LogP contribution in [-0.2, 0) is 5.41 Å². The van der Waals surface area contributed by atoms with Crippen LogP contribution in [0.15, 0.2) is 162 Å². The van der Waals surface area contributed by atoms with Crippen LogP contribution in [-0.4, -0.2) is 15.2 Å². The minimum atomic E-state index is -0.0206. The molecular weight excluding hydrogens is 721 g/mol. The van der Waals surface area contributed by atoms with Gasteiger partial charge in [0.25, 0.3) is 0 Å². The molecule has 1 aliphatic heterocycles. The first kappa shape index (κ1) is 36.4. The zero-order valence-electron chi connectivity index (χ0n) is 33.9. The molecule has 290 valence electrons. The third kappa shape index (κ3) is 6.22. The van der Waals surface area contributed by atoms with E-state index >= 15 is 0 Å². The summed E-state index contributed by atoms with van der Waals surface area (Å²) in [6.07, 6.45) is 34.6. The maximum Gasteiger partial charge on any atom is 0.136 e. The van der Waals surface area contributed by atoms with E-state index in [1.54, 1.807) is 10.5 Å². The van der Waals surface area contributed by atoms with Crippen LogP contribution >= 0.6 is 11.8 Å². The van der Waals surface area contributed by atoms with E-state index < -0.39 is 0 Å². The number of benzene rings is 3. The first-order chi connectivity index (χ1) is 28.5. The molecule has 0 N–H and O–H groups in total. The van der Waals surface area contributed by atoms with E-state index in [0.717, 1.165) is 36.0 Å². The predicted molar refractivity (Wildman–Crippen MR) is 243 cm³/mol. The maximum atomic E-state index is 5.60. The summed E-state index contributed by atoms with van der Waals surface area (Å²) in [5.41, 5.74) is 13.2. The second-order valence-corrected chi connectivity index (χ2v) is 19.7. The van der Waals surface area contributed by atoms with Crippen LogP contribution in [0, 0.1) is 29.6 Å². The van der Waals surface area contributed by atoms with E-state index in [-0.39, 0.29) is 17.3 Å². The van der Waals surface area contributed by atoms with Gasteiger partial charge < -0.3 is 0 Å². The van der Waals surface area contributed by atoms with E-state index in [2.05, 4.69) is 171 Å². The van der Waals surface area contributed by atoms with Crippen molar-refractivity contribution in [1.82, 2.24) is 9.97 Å². The highest BCUT2D eigenvalue weighted by atomic mass is 32.2. The van der Waals surface area contributed by atoms with Gasteiger partial charge in [0.1, 0.15) is 5.82 Å². The third-order valence-electron chi connectivity index (χ3n) is 14.9. The molecule has 6 aliphatic carbocycles. The van der Waals surface area contributed by atoms with E-state index in [4.69, 9.17) is 9.97 Å². The molecule has 0 amide bonds. The Labute approximate surface area is 349 Å². The Bertz CT molecular complexity index is 2400. The molecule has 0 saturated heterocycles. The van der Waals surface area contributed by atoms with Crippen LogP contribution in [0.4, 0.5) is 0 Å². The fraction of sp³-hybridized carbons (Fsp3) is 0.345. The molecule has 1 aromatic heterocycles. The minimum absolute atomic E-state index is 0.0206. The summed E-state index contributed by atoms with van der Waals surface area (Å²) in [6.45, 7) is 4.81. The van der Waals surface area contributed by atoms with Gasteiger partial charge in [-0.3, -0.25) is 0 Å². The molecule has 0 radical (unpaired) electrons. The Hall–Kier alpha value is -4.73. The summed E-state index contributed by atoms with van der Waals surface area (Å²) >= 11 is 2.20. The summed E-state index contributed by atoms with van der Waals surface area (Å²) in [5.74, 6) is 4.61. The van der Waals surface area contributed by atoms with Gasteiger partial charge in [0, 0.05) is 45.1 Å². The molecule has 8 unspecified atom stereocenters. The molecule has 0 spiro atoms. The van der Waals surface area contributed by atoms with Crippen LogP contribution in [0.2, 0.25) is 0 Å². The number of allylic oxidation sites excluding steroid dienone is 13. The third-order valence-corrected chi connectivity index (χ3v) is 16.4. The van der Waals surface area contributed by atoms with Crippen LogP contribution < -0.4 is 0 Å². The van der Waals surface area contributed by atoms with Gasteiger partial charge in [0.15, 0.2) is 0 Å². The molecule has 8 atom stereocenters. The minimum Gasteiger partial charge on any atom is -0.232 e. The maximum absolute atomic E-state index is 5.60. The highest BCUT2D eigenvalue weighted by Crippen LogP contribution is 2.56. The van der Waals surface area contributed by atoms with E-state index in [9.17, 15) is 0 Å². The molecule has 11 rings (SSSR count). The highest BCUT2D eigenvalue weighted by molar-refractivity contribution is 8.04. The quantitative estimate of drug-likeness (QED) is 0.183. The van der Waals surface area contributed by atoms with Gasteiger partial charge in [-0.05, 0) is 102 Å². The molecule has 3 heteroatoms. The van der Waals surface area contributed by atoms with Crippen molar-refractivity contribution in [1.29, 1.82) is 0 Å². The lowest BCUT2D eigenvalue weighted by molar-refractivity contribution is 0.317. The summed E-state index contributed by atoms with van der Waals surface area (Å²) < 4.78 is 0. The second kappa shape index (κ2) is 14.8. The number of fused-ring (bicyclic) bond motifs is 4. The van der Waals surface area contributed by atoms with Crippen molar-refractivity contribution >= 4 is 17.3 Å². The monoisotopic (exact) mass is 774 g/mol. The lowest BCUT2D eigenvalue weighted by atomic mass is 9.71. The molecule has 58 heavy (non-hydrogen) atoms. The van der Waals surface area contributed by atoms with Crippen LogP contribution in [0.25, 0.3) is 28.1 Å². The number of hydrogen-bond acceptors (Lipinski definition) is 3. The summed E-state index contributed by atoms with van der Waals surface area (Å²) in [4.78, 5) is 12.9. The Morgan fingerprint density at radius 1 is 0.603 bits per heavy atom. The van der Waals surface area contributed by atoms with Crippen molar-refractivity contribution in [3.63, 3.8) is 0 Å². The van der Waals surface area contributed by atoms with Crippen LogP contribution in [0.3, 0.4) is 0 Å². The largest absolute Gasteiger partial charge is 0.232 e. The van der Waals surface area contributed by atoms with Gasteiger partial charge in [0.2, 0.25) is 0 Å². The highest BCUT2D eigenvalue weighted by Gasteiger charge is 2.42. The van der Waals surface area contributed by atoms with Gasteiger partial charge in [0.05, 0.1) is 11.4 Å². The zero-order chi connectivity index (χ0) is 38.8. The predicted octanol–water partition coefficient (Wildman–Crippen LogP) is 14.1. The van der Waals surface area contributed by atoms with Crippen molar-refractivity contribution in [2.45, 2.75) is 87.7 Å². The molecule has 3 aromatic carbocycles. The molecule has 7 aliphatic rings. The Balaban J connectivity index is 0.888. The van der Waals surface area contributed by atoms with Crippen molar-refractivity contribution in [2.24, 2.45) is 29.6 Å². The number of hydrogen-bond donors (Lipinski definition) is 0. The smallest absolute Gasteiger partial charge is 0.136 e. The number of nitrogens with zero attached hydrogens (tertiary/aromatic N) is 2. The lowest BCUT2D eigenvalue weighted by Gasteiger charge is -2.35. The number of thioether (sulfide) groups is 1. The first-order valence-corrected chi connectivity index (χ1v) is 23.0. The Kier molecular flexibility index (Phi) is 9.29. The van der Waals surface area contributed by atoms with Crippen molar-refractivity contribution < 1.29 is 0 Å². The van der Waals surface area contributed by atoms with Crippen molar-refractivity contribution in [3.8, 4) is 22.5 Å². The Morgan fingerprint density at radius 2 is 1.28 bits per heavy atom. The molecule has 0 bridgehead atoms. The summed E-state index contributed by atoms with van der Waals surface area (Å²) in [7, 11) is 0. The summed E-state index contributed by atoms with van der Waals surface area (Å²) in [5, 5.41) is 0.671.